The van der Waals surface area contributed by atoms with E-state index in [0.29, 0.717) is 31.0 Å². The molecule has 176 valence electrons. The molecule has 1 aliphatic rings. The van der Waals surface area contributed by atoms with Gasteiger partial charge in [-0.25, -0.2) is 13.2 Å². The topological polar surface area (TPSA) is 81.3 Å². The van der Waals surface area contributed by atoms with Crippen molar-refractivity contribution in [2.45, 2.75) is 17.6 Å². The van der Waals surface area contributed by atoms with Crippen LogP contribution >= 0.6 is 0 Å². The number of alkyl halides is 3. The van der Waals surface area contributed by atoms with Crippen molar-refractivity contribution in [3.8, 4) is 5.75 Å². The molecule has 1 N–H and O–H groups in total. The van der Waals surface area contributed by atoms with Crippen LogP contribution < -0.4 is 15.3 Å². The lowest BCUT2D eigenvalue weighted by atomic mass is 10.1. The largest absolute Gasteiger partial charge is 0.497 e. The molecule has 11 heteroatoms. The van der Waals surface area contributed by atoms with Gasteiger partial charge < -0.3 is 14.1 Å². The Kier molecular flexibility index (Phi) is 6.21. The van der Waals surface area contributed by atoms with E-state index in [1.54, 1.807) is 18.2 Å². The van der Waals surface area contributed by atoms with Crippen molar-refractivity contribution < 1.29 is 35.6 Å². The van der Waals surface area contributed by atoms with Gasteiger partial charge in [-0.2, -0.15) is 17.5 Å². The van der Waals surface area contributed by atoms with Crippen molar-refractivity contribution >= 4 is 21.0 Å². The maximum atomic E-state index is 13.3. The van der Waals surface area contributed by atoms with Crippen molar-refractivity contribution in [3.05, 3.63) is 70.1 Å². The van der Waals surface area contributed by atoms with Gasteiger partial charge in [-0.3, -0.25) is 0 Å². The molecule has 0 atom stereocenters. The van der Waals surface area contributed by atoms with Crippen LogP contribution in [0.1, 0.15) is 11.1 Å². The number of benzene rings is 2. The van der Waals surface area contributed by atoms with Crippen molar-refractivity contribution in [3.63, 3.8) is 0 Å². The van der Waals surface area contributed by atoms with E-state index in [2.05, 4.69) is 0 Å². The number of methoxy groups -OCH3 is 1. The summed E-state index contributed by atoms with van der Waals surface area (Å²) in [4.78, 5) is 12.3. The van der Waals surface area contributed by atoms with Crippen LogP contribution in [0, 0.1) is 0 Å². The highest BCUT2D eigenvalue weighted by Crippen LogP contribution is 2.35. The minimum Gasteiger partial charge on any atom is -0.497 e. The zero-order valence-electron chi connectivity index (χ0n) is 17.7. The summed E-state index contributed by atoms with van der Waals surface area (Å²) in [5.74, 6) is 0.549. The maximum absolute atomic E-state index is 13.3. The summed E-state index contributed by atoms with van der Waals surface area (Å²) < 4.78 is 77.4. The molecular formula is C22H22F3N2O5S+. The molecule has 0 radical (unpaired) electrons. The van der Waals surface area contributed by atoms with Crippen molar-refractivity contribution in [2.24, 2.45) is 0 Å². The molecule has 0 amide bonds. The molecule has 1 fully saturated rings. The number of sulfonamides is 1. The van der Waals surface area contributed by atoms with E-state index in [4.69, 9.17) is 9.15 Å². The van der Waals surface area contributed by atoms with Crippen molar-refractivity contribution in [1.29, 1.82) is 0 Å². The zero-order chi connectivity index (χ0) is 23.8. The lowest BCUT2D eigenvalue weighted by molar-refractivity contribution is -0.917. The van der Waals surface area contributed by atoms with Crippen molar-refractivity contribution in [2.75, 3.05) is 33.3 Å². The standard InChI is InChI=1S/C22H21F3N2O5S/c1-31-16-6-7-17-15(12-21(28)32-19(17)13-16)14-26-8-10-27(11-9-26)33(29,30)20-5-3-2-4-18(20)22(23,24)25/h2-7,12-13H,8-11,14H2,1H3/p+1. The number of fused-ring (bicyclic) bond motifs is 1. The fraction of sp³-hybridized carbons (Fsp3) is 0.318. The van der Waals surface area contributed by atoms with Gasteiger partial charge in [0.05, 0.1) is 43.7 Å². The van der Waals surface area contributed by atoms with E-state index in [0.717, 1.165) is 32.3 Å². The Morgan fingerprint density at radius 1 is 1.09 bits per heavy atom. The lowest BCUT2D eigenvalue weighted by Gasteiger charge is -2.32. The Balaban J connectivity index is 1.52. The number of piperazine rings is 1. The van der Waals surface area contributed by atoms with Gasteiger partial charge in [-0.15, -0.1) is 0 Å². The fourth-order valence-electron chi connectivity index (χ4n) is 4.04. The Hall–Kier alpha value is -2.89. The molecule has 1 aliphatic heterocycles. The second kappa shape index (κ2) is 8.81. The predicted molar refractivity (Wildman–Crippen MR) is 114 cm³/mol. The number of ether oxygens (including phenoxy) is 1. The summed E-state index contributed by atoms with van der Waals surface area (Å²) >= 11 is 0. The molecule has 0 bridgehead atoms. The molecule has 7 nitrogen and oxygen atoms in total. The Morgan fingerprint density at radius 2 is 1.79 bits per heavy atom. The maximum Gasteiger partial charge on any atom is 0.417 e. The average Bonchev–Trinajstić information content (AvgIpc) is 2.78. The summed E-state index contributed by atoms with van der Waals surface area (Å²) in [5, 5.41) is 0.747. The molecule has 0 spiro atoms. The number of rotatable bonds is 5. The van der Waals surface area contributed by atoms with Gasteiger partial charge in [0, 0.05) is 23.1 Å². The second-order valence-corrected chi connectivity index (χ2v) is 9.68. The molecule has 4 rings (SSSR count). The number of hydrogen-bond donors (Lipinski definition) is 1. The normalized spacial score (nSPS) is 16.2. The quantitative estimate of drug-likeness (QED) is 0.561. The van der Waals surface area contributed by atoms with E-state index in [9.17, 15) is 26.4 Å². The monoisotopic (exact) mass is 483 g/mol. The number of nitrogens with one attached hydrogen (secondary N) is 1. The highest BCUT2D eigenvalue weighted by molar-refractivity contribution is 7.89. The van der Waals surface area contributed by atoms with Gasteiger partial charge >= 0.3 is 11.8 Å². The summed E-state index contributed by atoms with van der Waals surface area (Å²) in [6.45, 7) is 1.34. The highest BCUT2D eigenvalue weighted by Gasteiger charge is 2.40. The number of hydrogen-bond acceptors (Lipinski definition) is 5. The third-order valence-corrected chi connectivity index (χ3v) is 7.67. The molecule has 2 heterocycles. The number of halogens is 3. The minimum absolute atomic E-state index is 0.0665. The minimum atomic E-state index is -4.77. The number of nitrogens with zero attached hydrogens (tertiary/aromatic N) is 1. The summed E-state index contributed by atoms with van der Waals surface area (Å²) in [5.41, 5.74) is -0.536. The fourth-order valence-corrected chi connectivity index (χ4v) is 5.69. The third-order valence-electron chi connectivity index (χ3n) is 5.72. The first kappa shape index (κ1) is 23.3. The SMILES string of the molecule is COc1ccc2c(C[NH+]3CCN(S(=O)(=O)c4ccccc4C(F)(F)F)CC3)cc(=O)oc2c1. The summed E-state index contributed by atoms with van der Waals surface area (Å²) in [6, 6.07) is 10.8. The van der Waals surface area contributed by atoms with Gasteiger partial charge in [-0.05, 0) is 24.3 Å². The molecule has 3 aromatic rings. The third kappa shape index (κ3) is 4.75. The van der Waals surface area contributed by atoms with Crippen LogP contribution in [-0.4, -0.2) is 46.0 Å². The van der Waals surface area contributed by atoms with Crippen LogP contribution in [0.25, 0.3) is 11.0 Å². The molecule has 0 aliphatic carbocycles. The molecule has 1 saturated heterocycles. The summed E-state index contributed by atoms with van der Waals surface area (Å²) in [7, 11) is -2.79. The van der Waals surface area contributed by atoms with Crippen LogP contribution in [0.2, 0.25) is 0 Å². The van der Waals surface area contributed by atoms with Gasteiger partial charge in [0.25, 0.3) is 0 Å². The molecule has 33 heavy (non-hydrogen) atoms. The molecule has 1 aromatic heterocycles. The molecule has 0 saturated carbocycles. The van der Waals surface area contributed by atoms with Gasteiger partial charge in [0.1, 0.15) is 17.9 Å². The Labute approximate surface area is 188 Å². The van der Waals surface area contributed by atoms with E-state index in [1.165, 1.54) is 25.3 Å². The average molecular weight is 483 g/mol. The zero-order valence-corrected chi connectivity index (χ0v) is 18.5. The predicted octanol–water partition coefficient (Wildman–Crippen LogP) is 1.91. The lowest BCUT2D eigenvalue weighted by Crippen LogP contribution is -3.13. The van der Waals surface area contributed by atoms with E-state index in [1.807, 2.05) is 0 Å². The first-order chi connectivity index (χ1) is 15.6. The first-order valence-corrected chi connectivity index (χ1v) is 11.6. The van der Waals surface area contributed by atoms with Crippen molar-refractivity contribution in [1.82, 2.24) is 4.31 Å². The first-order valence-electron chi connectivity index (χ1n) is 10.2. The Bertz CT molecular complexity index is 1330. The van der Waals surface area contributed by atoms with Crippen LogP contribution in [0.4, 0.5) is 13.2 Å². The van der Waals surface area contributed by atoms with Gasteiger partial charge in [0.15, 0.2) is 0 Å². The van der Waals surface area contributed by atoms with Crippen LogP contribution in [0.3, 0.4) is 0 Å². The number of quaternary nitrogens is 1. The van der Waals surface area contributed by atoms with Gasteiger partial charge in [-0.1, -0.05) is 12.1 Å². The van der Waals surface area contributed by atoms with Crippen LogP contribution in [0.5, 0.6) is 5.75 Å². The molecule has 2 aromatic carbocycles. The Morgan fingerprint density at radius 3 is 2.45 bits per heavy atom. The van der Waals surface area contributed by atoms with E-state index < -0.39 is 32.3 Å². The van der Waals surface area contributed by atoms with E-state index in [-0.39, 0.29) is 13.1 Å². The second-order valence-electron chi connectivity index (χ2n) is 7.78. The smallest absolute Gasteiger partial charge is 0.417 e. The molecule has 0 unspecified atom stereocenters. The van der Waals surface area contributed by atoms with E-state index >= 15 is 0 Å². The van der Waals surface area contributed by atoms with Gasteiger partial charge in [0.2, 0.25) is 10.0 Å². The van der Waals surface area contributed by atoms with Crippen LogP contribution in [-0.2, 0) is 22.7 Å². The summed E-state index contributed by atoms with van der Waals surface area (Å²) in [6.07, 6.45) is -4.77. The highest BCUT2D eigenvalue weighted by atomic mass is 32.2. The van der Waals surface area contributed by atoms with Crippen LogP contribution in [0.15, 0.2) is 62.6 Å². The molecular weight excluding hydrogens is 461 g/mol.